The third-order valence-corrected chi connectivity index (χ3v) is 4.34. The Balaban J connectivity index is 2.13. The lowest BCUT2D eigenvalue weighted by Gasteiger charge is -2.02. The molecule has 0 unspecified atom stereocenters. The van der Waals surface area contributed by atoms with Gasteiger partial charge in [0.05, 0.1) is 10.2 Å². The number of rotatable bonds is 1. The van der Waals surface area contributed by atoms with Gasteiger partial charge in [-0.15, -0.1) is 10.2 Å². The second kappa shape index (κ2) is 3.90. The van der Waals surface area contributed by atoms with Crippen molar-refractivity contribution < 1.29 is 0 Å². The van der Waals surface area contributed by atoms with Gasteiger partial charge in [0.2, 0.25) is 4.96 Å². The Morgan fingerprint density at radius 1 is 0.947 bits per heavy atom. The molecule has 0 fully saturated rings. The minimum absolute atomic E-state index is 0.922. The summed E-state index contributed by atoms with van der Waals surface area (Å²) in [7, 11) is 0. The van der Waals surface area contributed by atoms with E-state index in [-0.39, 0.29) is 0 Å². The molecule has 0 aliphatic rings. The Morgan fingerprint density at radius 3 is 2.63 bits per heavy atom. The third-order valence-electron chi connectivity index (χ3n) is 3.33. The number of hydrogen-bond donors (Lipinski definition) is 0. The van der Waals surface area contributed by atoms with Gasteiger partial charge in [-0.3, -0.25) is 4.40 Å². The molecule has 0 bridgehead atoms. The number of aryl methyl sites for hydroxylation is 1. The first kappa shape index (κ1) is 10.7. The smallest absolute Gasteiger partial charge is 0.217 e. The Labute approximate surface area is 114 Å². The van der Waals surface area contributed by atoms with Crippen LogP contribution in [0.15, 0.2) is 48.5 Å². The molecule has 0 amide bonds. The molecule has 0 spiro atoms. The highest BCUT2D eigenvalue weighted by atomic mass is 32.1. The lowest BCUT2D eigenvalue weighted by Crippen LogP contribution is -1.90. The van der Waals surface area contributed by atoms with Gasteiger partial charge >= 0.3 is 0 Å². The fourth-order valence-corrected chi connectivity index (χ4v) is 3.34. The van der Waals surface area contributed by atoms with E-state index in [1.54, 1.807) is 11.3 Å². The average molecular weight is 265 g/mol. The highest BCUT2D eigenvalue weighted by molar-refractivity contribution is 7.23. The number of hydrogen-bond acceptors (Lipinski definition) is 3. The van der Waals surface area contributed by atoms with E-state index in [1.807, 2.05) is 12.1 Å². The van der Waals surface area contributed by atoms with Gasteiger partial charge in [0.15, 0.2) is 5.82 Å². The molecule has 0 aliphatic heterocycles. The van der Waals surface area contributed by atoms with Crippen molar-refractivity contribution in [3.05, 3.63) is 54.1 Å². The molecule has 3 nitrogen and oxygen atoms in total. The zero-order valence-electron chi connectivity index (χ0n) is 10.4. The van der Waals surface area contributed by atoms with Crippen molar-refractivity contribution in [2.45, 2.75) is 6.92 Å². The summed E-state index contributed by atoms with van der Waals surface area (Å²) in [6.45, 7) is 2.10. The largest absolute Gasteiger partial charge is 0.265 e. The van der Waals surface area contributed by atoms with Crippen molar-refractivity contribution in [3.8, 4) is 11.4 Å². The van der Waals surface area contributed by atoms with Crippen LogP contribution in [0.25, 0.3) is 26.6 Å². The van der Waals surface area contributed by atoms with Gasteiger partial charge in [-0.05, 0) is 24.6 Å². The molecule has 19 heavy (non-hydrogen) atoms. The molecule has 2 aromatic heterocycles. The minimum atomic E-state index is 0.922. The van der Waals surface area contributed by atoms with Gasteiger partial charge in [-0.2, -0.15) is 0 Å². The lowest BCUT2D eigenvalue weighted by molar-refractivity contribution is 1.11. The topological polar surface area (TPSA) is 30.2 Å². The van der Waals surface area contributed by atoms with Gasteiger partial charge < -0.3 is 0 Å². The Hall–Kier alpha value is -2.20. The zero-order valence-corrected chi connectivity index (χ0v) is 11.2. The molecule has 2 heterocycles. The first-order valence-corrected chi connectivity index (χ1v) is 6.95. The maximum atomic E-state index is 4.36. The number of para-hydroxylation sites is 1. The zero-order chi connectivity index (χ0) is 12.8. The van der Waals surface area contributed by atoms with Crippen molar-refractivity contribution in [3.63, 3.8) is 0 Å². The average Bonchev–Trinajstić information content (AvgIpc) is 2.98. The van der Waals surface area contributed by atoms with Crippen LogP contribution in [-0.2, 0) is 0 Å². The molecule has 0 radical (unpaired) electrons. The number of fused-ring (bicyclic) bond motifs is 3. The molecule has 0 saturated carbocycles. The quantitative estimate of drug-likeness (QED) is 0.522. The second-order valence-corrected chi connectivity index (χ2v) is 5.54. The molecule has 0 saturated heterocycles. The summed E-state index contributed by atoms with van der Waals surface area (Å²) in [6, 6.07) is 16.6. The van der Waals surface area contributed by atoms with E-state index < -0.39 is 0 Å². The van der Waals surface area contributed by atoms with Crippen LogP contribution in [0.1, 0.15) is 5.56 Å². The van der Waals surface area contributed by atoms with E-state index in [4.69, 9.17) is 0 Å². The van der Waals surface area contributed by atoms with E-state index in [2.05, 4.69) is 57.9 Å². The molecule has 4 heteroatoms. The summed E-state index contributed by atoms with van der Waals surface area (Å²) in [5.74, 6) is 0.922. The first-order valence-electron chi connectivity index (χ1n) is 6.13. The molecule has 0 atom stereocenters. The van der Waals surface area contributed by atoms with Crippen LogP contribution >= 0.6 is 11.3 Å². The van der Waals surface area contributed by atoms with Gasteiger partial charge in [0.25, 0.3) is 0 Å². The fraction of sp³-hybridized carbons (Fsp3) is 0.0667. The number of benzene rings is 2. The van der Waals surface area contributed by atoms with Crippen molar-refractivity contribution in [1.29, 1.82) is 0 Å². The monoisotopic (exact) mass is 265 g/mol. The summed E-state index contributed by atoms with van der Waals surface area (Å²) >= 11 is 1.67. The van der Waals surface area contributed by atoms with E-state index >= 15 is 0 Å². The number of thiazole rings is 1. The van der Waals surface area contributed by atoms with E-state index in [0.29, 0.717) is 0 Å². The predicted octanol–water partition coefficient (Wildman–Crippen LogP) is 3.92. The molecule has 92 valence electrons. The van der Waals surface area contributed by atoms with Crippen LogP contribution in [0.4, 0.5) is 0 Å². The van der Waals surface area contributed by atoms with Gasteiger partial charge in [-0.25, -0.2) is 0 Å². The van der Waals surface area contributed by atoms with Gasteiger partial charge in [0, 0.05) is 5.56 Å². The summed E-state index contributed by atoms with van der Waals surface area (Å²) in [6.07, 6.45) is 0. The molecular formula is C15H11N3S. The Kier molecular flexibility index (Phi) is 2.19. The van der Waals surface area contributed by atoms with E-state index in [9.17, 15) is 0 Å². The van der Waals surface area contributed by atoms with Crippen molar-refractivity contribution >= 4 is 26.5 Å². The van der Waals surface area contributed by atoms with Crippen LogP contribution in [-0.4, -0.2) is 14.6 Å². The van der Waals surface area contributed by atoms with Crippen molar-refractivity contribution in [2.24, 2.45) is 0 Å². The summed E-state index contributed by atoms with van der Waals surface area (Å²) < 4.78 is 3.38. The fourth-order valence-electron chi connectivity index (χ4n) is 2.38. The minimum Gasteiger partial charge on any atom is -0.265 e. The standard InChI is InChI=1S/C15H11N3S/c1-10-6-2-3-7-11(10)14-16-17-15-18(14)12-8-4-5-9-13(12)19-15/h2-9H,1H3. The number of aromatic nitrogens is 3. The van der Waals surface area contributed by atoms with Gasteiger partial charge in [0.1, 0.15) is 0 Å². The van der Waals surface area contributed by atoms with Crippen LogP contribution in [0.3, 0.4) is 0 Å². The van der Waals surface area contributed by atoms with Crippen LogP contribution in [0.2, 0.25) is 0 Å². The summed E-state index contributed by atoms with van der Waals surface area (Å²) in [4.78, 5) is 0.944. The third kappa shape index (κ3) is 1.50. The summed E-state index contributed by atoms with van der Waals surface area (Å²) in [5, 5.41) is 8.66. The maximum absolute atomic E-state index is 4.36. The first-order chi connectivity index (χ1) is 9.34. The molecule has 4 rings (SSSR count). The molecule has 0 aliphatic carbocycles. The highest BCUT2D eigenvalue weighted by Gasteiger charge is 2.14. The molecular weight excluding hydrogens is 254 g/mol. The van der Waals surface area contributed by atoms with Crippen LogP contribution in [0, 0.1) is 6.92 Å². The maximum Gasteiger partial charge on any atom is 0.217 e. The normalized spacial score (nSPS) is 11.4. The summed E-state index contributed by atoms with van der Waals surface area (Å²) in [5.41, 5.74) is 3.52. The number of nitrogens with zero attached hydrogens (tertiary/aromatic N) is 3. The van der Waals surface area contributed by atoms with E-state index in [0.717, 1.165) is 16.3 Å². The van der Waals surface area contributed by atoms with Crippen molar-refractivity contribution in [1.82, 2.24) is 14.6 Å². The van der Waals surface area contributed by atoms with Gasteiger partial charge in [-0.1, -0.05) is 47.7 Å². The SMILES string of the molecule is Cc1ccccc1-c1nnc2sc3ccccc3n12. The Morgan fingerprint density at radius 2 is 1.74 bits per heavy atom. The Bertz CT molecular complexity index is 889. The molecule has 0 N–H and O–H groups in total. The highest BCUT2D eigenvalue weighted by Crippen LogP contribution is 2.30. The second-order valence-electron chi connectivity index (χ2n) is 4.53. The van der Waals surface area contributed by atoms with Crippen LogP contribution in [0.5, 0.6) is 0 Å². The lowest BCUT2D eigenvalue weighted by atomic mass is 10.1. The van der Waals surface area contributed by atoms with Crippen molar-refractivity contribution in [2.75, 3.05) is 0 Å². The van der Waals surface area contributed by atoms with E-state index in [1.165, 1.54) is 15.8 Å². The molecule has 4 aromatic rings. The predicted molar refractivity (Wildman–Crippen MR) is 78.5 cm³/mol. The molecule has 2 aromatic carbocycles. The van der Waals surface area contributed by atoms with Crippen LogP contribution < -0.4 is 0 Å².